The maximum absolute atomic E-state index is 10.1. The number of hydrogen-bond donors (Lipinski definition) is 2. The Balaban J connectivity index is 2.11. The molecule has 0 aromatic carbocycles. The molecule has 0 aromatic rings. The first-order chi connectivity index (χ1) is 8.48. The molecule has 104 valence electrons. The van der Waals surface area contributed by atoms with E-state index in [4.69, 9.17) is 18.9 Å². The minimum absolute atomic E-state index is 0.221. The topological polar surface area (TPSA) is 77.4 Å². The van der Waals surface area contributed by atoms with Gasteiger partial charge in [0, 0.05) is 0 Å². The second-order valence-electron chi connectivity index (χ2n) is 4.90. The van der Waals surface area contributed by atoms with Gasteiger partial charge in [-0.1, -0.05) is 6.08 Å². The zero-order chi connectivity index (χ0) is 13.3. The average Bonchev–Trinajstić information content (AvgIpc) is 2.65. The van der Waals surface area contributed by atoms with Gasteiger partial charge in [-0.25, -0.2) is 0 Å². The largest absolute Gasteiger partial charge is 0.394 e. The number of hydrogen-bond acceptors (Lipinski definition) is 6. The van der Waals surface area contributed by atoms with E-state index in [1.807, 2.05) is 0 Å². The Kier molecular flexibility index (Phi) is 4.05. The Hall–Kier alpha value is -0.500. The summed E-state index contributed by atoms with van der Waals surface area (Å²) in [6, 6.07) is 0. The second-order valence-corrected chi connectivity index (χ2v) is 4.90. The van der Waals surface area contributed by atoms with Gasteiger partial charge in [0.15, 0.2) is 12.1 Å². The third-order valence-corrected chi connectivity index (χ3v) is 3.01. The first kappa shape index (κ1) is 13.9. The minimum atomic E-state index is -0.959. The first-order valence-electron chi connectivity index (χ1n) is 6.01. The lowest BCUT2D eigenvalue weighted by Gasteiger charge is -2.38. The molecule has 18 heavy (non-hydrogen) atoms. The Morgan fingerprint density at radius 1 is 1.33 bits per heavy atom. The number of aliphatic hydroxyl groups is 2. The maximum atomic E-state index is 10.1. The van der Waals surface area contributed by atoms with E-state index in [1.165, 1.54) is 0 Å². The van der Waals surface area contributed by atoms with Gasteiger partial charge >= 0.3 is 0 Å². The fraction of sp³-hybridized carbons (Fsp3) is 0.833. The summed E-state index contributed by atoms with van der Waals surface area (Å²) < 4.78 is 22.1. The molecule has 0 radical (unpaired) electrons. The molecule has 2 rings (SSSR count). The first-order valence-corrected chi connectivity index (χ1v) is 6.01. The molecule has 0 aromatic heterocycles. The van der Waals surface area contributed by atoms with Crippen LogP contribution in [0.3, 0.4) is 0 Å². The molecule has 0 unspecified atom stereocenters. The fourth-order valence-electron chi connectivity index (χ4n) is 2.30. The van der Waals surface area contributed by atoms with Crippen LogP contribution in [0, 0.1) is 0 Å². The van der Waals surface area contributed by atoms with E-state index in [2.05, 4.69) is 6.58 Å². The number of rotatable bonds is 4. The van der Waals surface area contributed by atoms with Gasteiger partial charge in [0.05, 0.1) is 13.2 Å². The number of fused-ring (bicyclic) bond motifs is 1. The normalized spacial score (nSPS) is 42.6. The summed E-state index contributed by atoms with van der Waals surface area (Å²) in [4.78, 5) is 0. The van der Waals surface area contributed by atoms with Crippen molar-refractivity contribution in [3.05, 3.63) is 12.7 Å². The molecule has 0 amide bonds. The summed E-state index contributed by atoms with van der Waals surface area (Å²) in [7, 11) is 0. The number of ether oxygens (including phenoxy) is 4. The second kappa shape index (κ2) is 5.24. The van der Waals surface area contributed by atoms with Crippen molar-refractivity contribution in [1.29, 1.82) is 0 Å². The van der Waals surface area contributed by atoms with Crippen LogP contribution in [0.4, 0.5) is 0 Å². The Morgan fingerprint density at radius 2 is 2.00 bits per heavy atom. The lowest BCUT2D eigenvalue weighted by molar-refractivity contribution is -0.279. The van der Waals surface area contributed by atoms with E-state index in [0.29, 0.717) is 0 Å². The predicted molar refractivity (Wildman–Crippen MR) is 61.7 cm³/mol. The highest BCUT2D eigenvalue weighted by Gasteiger charge is 2.54. The molecule has 2 aliphatic heterocycles. The smallest absolute Gasteiger partial charge is 0.187 e. The van der Waals surface area contributed by atoms with Crippen molar-refractivity contribution in [3.8, 4) is 0 Å². The van der Waals surface area contributed by atoms with Crippen molar-refractivity contribution in [3.63, 3.8) is 0 Å². The van der Waals surface area contributed by atoms with Crippen molar-refractivity contribution >= 4 is 0 Å². The fourth-order valence-corrected chi connectivity index (χ4v) is 2.30. The molecule has 2 N–H and O–H groups in total. The van der Waals surface area contributed by atoms with E-state index >= 15 is 0 Å². The Bertz CT molecular complexity index is 305. The van der Waals surface area contributed by atoms with E-state index in [-0.39, 0.29) is 13.2 Å². The van der Waals surface area contributed by atoms with Gasteiger partial charge in [-0.3, -0.25) is 0 Å². The molecule has 6 nitrogen and oxygen atoms in total. The lowest BCUT2D eigenvalue weighted by atomic mass is 9.99. The van der Waals surface area contributed by atoms with Gasteiger partial charge in [-0.15, -0.1) is 6.58 Å². The molecular weight excluding hydrogens is 240 g/mol. The van der Waals surface area contributed by atoms with Crippen LogP contribution in [0.2, 0.25) is 0 Å². The molecule has 2 saturated heterocycles. The molecule has 6 heteroatoms. The molecule has 0 aliphatic carbocycles. The van der Waals surface area contributed by atoms with Crippen LogP contribution >= 0.6 is 0 Å². The van der Waals surface area contributed by atoms with Crippen LogP contribution in [0.25, 0.3) is 0 Å². The molecule has 0 saturated carbocycles. The van der Waals surface area contributed by atoms with E-state index < -0.39 is 36.5 Å². The molecule has 2 fully saturated rings. The third-order valence-electron chi connectivity index (χ3n) is 3.01. The third kappa shape index (κ3) is 2.59. The lowest BCUT2D eigenvalue weighted by Crippen LogP contribution is -2.57. The van der Waals surface area contributed by atoms with Crippen LogP contribution < -0.4 is 0 Å². The quantitative estimate of drug-likeness (QED) is 0.681. The SMILES string of the molecule is C=CCO[C@@H]1O[C@H](CO)[C@@H]2OC(C)(C)O[C@@H]2[C@H]1O. The van der Waals surface area contributed by atoms with Crippen LogP contribution in [0.15, 0.2) is 12.7 Å². The molecule has 2 aliphatic rings. The summed E-state index contributed by atoms with van der Waals surface area (Å²) >= 11 is 0. The zero-order valence-corrected chi connectivity index (χ0v) is 10.6. The highest BCUT2D eigenvalue weighted by atomic mass is 16.8. The highest BCUT2D eigenvalue weighted by Crippen LogP contribution is 2.37. The van der Waals surface area contributed by atoms with Crippen molar-refractivity contribution in [1.82, 2.24) is 0 Å². The van der Waals surface area contributed by atoms with Gasteiger partial charge in [-0.2, -0.15) is 0 Å². The molecule has 0 spiro atoms. The predicted octanol–water partition coefficient (Wildman–Crippen LogP) is -0.213. The van der Waals surface area contributed by atoms with Crippen molar-refractivity contribution in [2.75, 3.05) is 13.2 Å². The summed E-state index contributed by atoms with van der Waals surface area (Å²) in [6.07, 6.45) is -1.88. The molecule has 5 atom stereocenters. The van der Waals surface area contributed by atoms with Crippen molar-refractivity contribution in [2.24, 2.45) is 0 Å². The molecule has 0 bridgehead atoms. The van der Waals surface area contributed by atoms with Crippen LogP contribution in [0.5, 0.6) is 0 Å². The number of aliphatic hydroxyl groups excluding tert-OH is 2. The highest BCUT2D eigenvalue weighted by molar-refractivity contribution is 4.96. The summed E-state index contributed by atoms with van der Waals surface area (Å²) in [5.41, 5.74) is 0. The summed E-state index contributed by atoms with van der Waals surface area (Å²) in [5.74, 6) is -0.805. The Morgan fingerprint density at radius 3 is 2.61 bits per heavy atom. The van der Waals surface area contributed by atoms with Crippen LogP contribution in [-0.4, -0.2) is 59.9 Å². The summed E-state index contributed by atoms with van der Waals surface area (Å²) in [6.45, 7) is 7.07. The standard InChI is InChI=1S/C12H20O6/c1-4-5-15-11-8(14)10-9(7(6-13)16-11)17-12(2,3)18-10/h4,7-11,13-14H,1,5-6H2,2-3H3/t7-,8-,9+,10-,11-/m1/s1. The van der Waals surface area contributed by atoms with E-state index in [9.17, 15) is 10.2 Å². The van der Waals surface area contributed by atoms with E-state index in [1.54, 1.807) is 19.9 Å². The molecule has 2 heterocycles. The minimum Gasteiger partial charge on any atom is -0.394 e. The Labute approximate surface area is 106 Å². The summed E-state index contributed by atoms with van der Waals surface area (Å²) in [5, 5.41) is 19.5. The monoisotopic (exact) mass is 260 g/mol. The van der Waals surface area contributed by atoms with Gasteiger partial charge in [0.1, 0.15) is 24.4 Å². The van der Waals surface area contributed by atoms with Gasteiger partial charge in [0.25, 0.3) is 0 Å². The average molecular weight is 260 g/mol. The van der Waals surface area contributed by atoms with Crippen molar-refractivity contribution in [2.45, 2.75) is 50.3 Å². The van der Waals surface area contributed by atoms with E-state index in [0.717, 1.165) is 0 Å². The molecular formula is C12H20O6. The van der Waals surface area contributed by atoms with Gasteiger partial charge < -0.3 is 29.2 Å². The van der Waals surface area contributed by atoms with Gasteiger partial charge in [0.2, 0.25) is 0 Å². The zero-order valence-electron chi connectivity index (χ0n) is 10.6. The maximum Gasteiger partial charge on any atom is 0.187 e. The van der Waals surface area contributed by atoms with Crippen LogP contribution in [0.1, 0.15) is 13.8 Å². The van der Waals surface area contributed by atoms with Crippen LogP contribution in [-0.2, 0) is 18.9 Å². The van der Waals surface area contributed by atoms with Gasteiger partial charge in [-0.05, 0) is 13.8 Å². The van der Waals surface area contributed by atoms with Crippen molar-refractivity contribution < 1.29 is 29.2 Å².